The lowest BCUT2D eigenvalue weighted by Gasteiger charge is -2.34. The molecule has 1 aliphatic heterocycles. The van der Waals surface area contributed by atoms with Crippen LogP contribution in [0.2, 0.25) is 0 Å². The first-order chi connectivity index (χ1) is 14.7. The fourth-order valence-electron chi connectivity index (χ4n) is 4.21. The van der Waals surface area contributed by atoms with Crippen LogP contribution in [0.1, 0.15) is 25.5 Å². The van der Waals surface area contributed by atoms with Gasteiger partial charge in [-0.05, 0) is 31.9 Å². The molecule has 0 amide bonds. The van der Waals surface area contributed by atoms with Gasteiger partial charge in [-0.25, -0.2) is 27.3 Å². The Balaban J connectivity index is 1.76. The third-order valence-electron chi connectivity index (χ3n) is 6.10. The van der Waals surface area contributed by atoms with Crippen molar-refractivity contribution in [2.45, 2.75) is 30.6 Å². The number of nitrogens with two attached hydrogens (primary N) is 1. The molecule has 0 radical (unpaired) electrons. The smallest absolute Gasteiger partial charge is 0.239 e. The number of nitrogen functional groups attached to an aromatic ring is 1. The number of aromatic nitrogens is 4. The number of halogens is 1. The zero-order valence-electron chi connectivity index (χ0n) is 17.2. The maximum Gasteiger partial charge on any atom is 0.239 e. The van der Waals surface area contributed by atoms with E-state index < -0.39 is 20.4 Å². The van der Waals surface area contributed by atoms with E-state index in [0.717, 1.165) is 0 Å². The number of hydrogen-bond donors (Lipinski definition) is 1. The molecule has 2 fully saturated rings. The molecule has 1 saturated heterocycles. The van der Waals surface area contributed by atoms with Crippen molar-refractivity contribution in [1.82, 2.24) is 19.5 Å². The number of para-hydroxylation sites is 1. The Morgan fingerprint density at radius 1 is 1.26 bits per heavy atom. The van der Waals surface area contributed by atoms with Gasteiger partial charge in [0.25, 0.3) is 0 Å². The van der Waals surface area contributed by atoms with Crippen LogP contribution in [0.5, 0.6) is 0 Å². The molecule has 1 aliphatic carbocycles. The molecule has 5 rings (SSSR count). The number of benzene rings is 1. The molecule has 1 saturated carbocycles. The number of sulfone groups is 1. The molecule has 0 spiro atoms. The molecule has 3 heterocycles. The van der Waals surface area contributed by atoms with Gasteiger partial charge in [-0.2, -0.15) is 4.98 Å². The lowest BCUT2D eigenvalue weighted by atomic mass is 10.2. The van der Waals surface area contributed by atoms with Crippen molar-refractivity contribution in [3.63, 3.8) is 0 Å². The number of anilines is 2. The molecule has 1 aromatic carbocycles. The summed E-state index contributed by atoms with van der Waals surface area (Å²) in [6.07, 6.45) is 2.18. The van der Waals surface area contributed by atoms with Gasteiger partial charge in [0.15, 0.2) is 9.84 Å². The van der Waals surface area contributed by atoms with Crippen LogP contribution in [-0.4, -0.2) is 60.0 Å². The highest BCUT2D eigenvalue weighted by Crippen LogP contribution is 2.52. The Kier molecular flexibility index (Phi) is 4.45. The van der Waals surface area contributed by atoms with E-state index in [1.807, 2.05) is 11.8 Å². The molecule has 9 nitrogen and oxygen atoms in total. The van der Waals surface area contributed by atoms with Crippen molar-refractivity contribution >= 4 is 32.6 Å². The molecular weight excluding hydrogens is 423 g/mol. The predicted molar refractivity (Wildman–Crippen MR) is 114 cm³/mol. The number of hydrogen-bond acceptors (Lipinski definition) is 8. The van der Waals surface area contributed by atoms with E-state index in [2.05, 4.69) is 15.0 Å². The molecule has 1 atom stereocenters. The highest BCUT2D eigenvalue weighted by atomic mass is 32.2. The summed E-state index contributed by atoms with van der Waals surface area (Å²) < 4.78 is 45.7. The summed E-state index contributed by atoms with van der Waals surface area (Å²) in [7, 11) is -3.42. The number of imidazole rings is 1. The summed E-state index contributed by atoms with van der Waals surface area (Å²) in [6, 6.07) is 6.28. The zero-order valence-corrected chi connectivity index (χ0v) is 18.1. The van der Waals surface area contributed by atoms with Crippen molar-refractivity contribution in [2.24, 2.45) is 0 Å². The van der Waals surface area contributed by atoms with E-state index >= 15 is 0 Å². The number of ether oxygens (including phenoxy) is 1. The average Bonchev–Trinajstić information content (AvgIpc) is 3.46. The molecular formula is C20H23FN6O3S. The minimum Gasteiger partial charge on any atom is -0.377 e. The van der Waals surface area contributed by atoms with Crippen molar-refractivity contribution in [2.75, 3.05) is 36.6 Å². The van der Waals surface area contributed by atoms with E-state index in [1.54, 1.807) is 18.2 Å². The van der Waals surface area contributed by atoms with Gasteiger partial charge >= 0.3 is 0 Å². The maximum atomic E-state index is 14.7. The van der Waals surface area contributed by atoms with Crippen molar-refractivity contribution < 1.29 is 17.5 Å². The van der Waals surface area contributed by atoms with Crippen LogP contribution < -0.4 is 10.6 Å². The van der Waals surface area contributed by atoms with Crippen LogP contribution in [0.3, 0.4) is 0 Å². The highest BCUT2D eigenvalue weighted by molar-refractivity contribution is 7.91. The van der Waals surface area contributed by atoms with Crippen molar-refractivity contribution in [1.29, 1.82) is 0 Å². The first kappa shape index (κ1) is 20.1. The maximum absolute atomic E-state index is 14.7. The summed E-state index contributed by atoms with van der Waals surface area (Å²) in [5.41, 5.74) is 7.05. The SMILES string of the molecule is C[C@@H]1COCCN1c1cc(C2(S(C)(=O)=O)CC2)nc(-n2c(N)nc3cccc(F)c32)n1. The van der Waals surface area contributed by atoms with Crippen molar-refractivity contribution in [3.05, 3.63) is 35.8 Å². The topological polar surface area (TPSA) is 116 Å². The van der Waals surface area contributed by atoms with E-state index in [-0.39, 0.29) is 23.5 Å². The van der Waals surface area contributed by atoms with Crippen LogP contribution in [0, 0.1) is 5.82 Å². The van der Waals surface area contributed by atoms with Crippen LogP contribution in [0.25, 0.3) is 17.0 Å². The van der Waals surface area contributed by atoms with Gasteiger partial charge in [-0.15, -0.1) is 0 Å². The van der Waals surface area contributed by atoms with Crippen molar-refractivity contribution in [3.8, 4) is 5.95 Å². The van der Waals surface area contributed by atoms with Gasteiger partial charge in [0.05, 0.1) is 30.5 Å². The minimum atomic E-state index is -3.42. The molecule has 11 heteroatoms. The Morgan fingerprint density at radius 2 is 2.03 bits per heavy atom. The fourth-order valence-corrected chi connectivity index (χ4v) is 5.53. The Morgan fingerprint density at radius 3 is 2.71 bits per heavy atom. The van der Waals surface area contributed by atoms with E-state index in [0.29, 0.717) is 49.6 Å². The lowest BCUT2D eigenvalue weighted by molar-refractivity contribution is 0.0985. The second kappa shape index (κ2) is 6.86. The van der Waals surface area contributed by atoms with E-state index in [9.17, 15) is 12.8 Å². The lowest BCUT2D eigenvalue weighted by Crippen LogP contribution is -2.44. The van der Waals surface area contributed by atoms with Crippen LogP contribution in [0.15, 0.2) is 24.3 Å². The quantitative estimate of drug-likeness (QED) is 0.645. The first-order valence-electron chi connectivity index (χ1n) is 10.1. The summed E-state index contributed by atoms with van der Waals surface area (Å²) >= 11 is 0. The van der Waals surface area contributed by atoms with Gasteiger partial charge in [-0.1, -0.05) is 6.07 Å². The molecule has 31 heavy (non-hydrogen) atoms. The number of nitrogens with zero attached hydrogens (tertiary/aromatic N) is 5. The van der Waals surface area contributed by atoms with Gasteiger partial charge in [-0.3, -0.25) is 0 Å². The molecule has 0 unspecified atom stereocenters. The average molecular weight is 447 g/mol. The summed E-state index contributed by atoms with van der Waals surface area (Å²) in [5, 5.41) is 0. The minimum absolute atomic E-state index is 0.0300. The normalized spacial score (nSPS) is 20.9. The molecule has 0 bridgehead atoms. The third kappa shape index (κ3) is 3.14. The van der Waals surface area contributed by atoms with Gasteiger partial charge in [0.1, 0.15) is 21.9 Å². The van der Waals surface area contributed by atoms with Crippen LogP contribution >= 0.6 is 0 Å². The van der Waals surface area contributed by atoms with Gasteiger partial charge in [0.2, 0.25) is 11.9 Å². The van der Waals surface area contributed by atoms with Crippen LogP contribution in [-0.2, 0) is 19.3 Å². The summed E-state index contributed by atoms with van der Waals surface area (Å²) in [5.74, 6) is 0.179. The Labute approximate surface area is 179 Å². The number of morpholine rings is 1. The number of rotatable bonds is 4. The molecule has 2 aromatic heterocycles. The summed E-state index contributed by atoms with van der Waals surface area (Å²) in [6.45, 7) is 3.65. The number of fused-ring (bicyclic) bond motifs is 1. The van der Waals surface area contributed by atoms with E-state index in [4.69, 9.17) is 10.5 Å². The molecule has 2 N–H and O–H groups in total. The largest absolute Gasteiger partial charge is 0.377 e. The van der Waals surface area contributed by atoms with Gasteiger partial charge in [0, 0.05) is 18.9 Å². The van der Waals surface area contributed by atoms with Gasteiger partial charge < -0.3 is 15.4 Å². The molecule has 164 valence electrons. The monoisotopic (exact) mass is 446 g/mol. The first-order valence-corrected chi connectivity index (χ1v) is 12.0. The third-order valence-corrected chi connectivity index (χ3v) is 8.13. The standard InChI is InChI=1S/C20H23FN6O3S/c1-12-11-30-9-8-26(12)16-10-15(20(6-7-20)31(2,28)29)24-19(25-16)27-17-13(21)4-3-5-14(17)23-18(27)22/h3-5,10,12H,6-9,11H2,1-2H3,(H2,22,23)/t12-/m1/s1. The van der Waals surface area contributed by atoms with E-state index in [1.165, 1.54) is 16.9 Å². The zero-order chi connectivity index (χ0) is 22.0. The Hall–Kier alpha value is -2.79. The molecule has 3 aromatic rings. The van der Waals surface area contributed by atoms with Crippen LogP contribution in [0.4, 0.5) is 16.2 Å². The summed E-state index contributed by atoms with van der Waals surface area (Å²) in [4.78, 5) is 15.5. The second-order valence-electron chi connectivity index (χ2n) is 8.21. The fraction of sp³-hybridized carbons (Fsp3) is 0.450. The molecule has 2 aliphatic rings. The Bertz CT molecular complexity index is 1290. The highest BCUT2D eigenvalue weighted by Gasteiger charge is 2.55. The predicted octanol–water partition coefficient (Wildman–Crippen LogP) is 1.80. The second-order valence-corrected chi connectivity index (χ2v) is 10.5.